The molecule has 0 aliphatic rings. The standard InChI is InChI=1S/C17H16O2/c1-17(2,15-9-7-13(11-18)8-10-15)16-6-4-3-5-14(16)12-19/h3-12H,1-2H3. The molecule has 0 radical (unpaired) electrons. The molecule has 0 amide bonds. The van der Waals surface area contributed by atoms with Crippen molar-refractivity contribution in [3.05, 3.63) is 70.8 Å². The van der Waals surface area contributed by atoms with Gasteiger partial charge in [0.15, 0.2) is 0 Å². The summed E-state index contributed by atoms with van der Waals surface area (Å²) in [6.45, 7) is 4.15. The third-order valence-corrected chi connectivity index (χ3v) is 3.53. The topological polar surface area (TPSA) is 34.1 Å². The van der Waals surface area contributed by atoms with Crippen LogP contribution in [0.2, 0.25) is 0 Å². The van der Waals surface area contributed by atoms with Crippen LogP contribution in [0, 0.1) is 0 Å². The van der Waals surface area contributed by atoms with E-state index in [4.69, 9.17) is 0 Å². The molecule has 0 aliphatic heterocycles. The lowest BCUT2D eigenvalue weighted by atomic mass is 9.76. The Bertz CT molecular complexity index is 595. The summed E-state index contributed by atoms with van der Waals surface area (Å²) < 4.78 is 0. The molecule has 0 atom stereocenters. The SMILES string of the molecule is CC(C)(c1ccc(C=O)cc1)c1ccccc1C=O. The molecule has 0 unspecified atom stereocenters. The average Bonchev–Trinajstić information content (AvgIpc) is 2.47. The van der Waals surface area contributed by atoms with E-state index in [1.165, 1.54) is 0 Å². The third-order valence-electron chi connectivity index (χ3n) is 3.53. The quantitative estimate of drug-likeness (QED) is 0.778. The average molecular weight is 252 g/mol. The minimum Gasteiger partial charge on any atom is -0.298 e. The molecule has 2 heteroatoms. The molecule has 2 nitrogen and oxygen atoms in total. The van der Waals surface area contributed by atoms with Gasteiger partial charge in [-0.05, 0) is 11.1 Å². The van der Waals surface area contributed by atoms with E-state index < -0.39 is 0 Å². The monoisotopic (exact) mass is 252 g/mol. The van der Waals surface area contributed by atoms with Crippen LogP contribution in [-0.2, 0) is 5.41 Å². The largest absolute Gasteiger partial charge is 0.298 e. The Hall–Kier alpha value is -2.22. The fourth-order valence-electron chi connectivity index (χ4n) is 2.30. The van der Waals surface area contributed by atoms with E-state index in [1.54, 1.807) is 12.1 Å². The minimum absolute atomic E-state index is 0.279. The Labute approximate surface area is 113 Å². The zero-order chi connectivity index (χ0) is 13.9. The molecular weight excluding hydrogens is 236 g/mol. The van der Waals surface area contributed by atoms with Crippen LogP contribution in [0.5, 0.6) is 0 Å². The summed E-state index contributed by atoms with van der Waals surface area (Å²) in [5.74, 6) is 0. The van der Waals surface area contributed by atoms with Crippen molar-refractivity contribution in [2.75, 3.05) is 0 Å². The van der Waals surface area contributed by atoms with Crippen LogP contribution in [0.3, 0.4) is 0 Å². The molecule has 0 bridgehead atoms. The number of hydrogen-bond acceptors (Lipinski definition) is 2. The first kappa shape index (κ1) is 13.2. The molecule has 0 spiro atoms. The molecule has 0 saturated heterocycles. The smallest absolute Gasteiger partial charge is 0.150 e. The molecule has 2 rings (SSSR count). The summed E-state index contributed by atoms with van der Waals surface area (Å²) in [7, 11) is 0. The van der Waals surface area contributed by atoms with Crippen LogP contribution in [0.4, 0.5) is 0 Å². The summed E-state index contributed by atoms with van der Waals surface area (Å²) in [5.41, 5.74) is 3.14. The first-order chi connectivity index (χ1) is 9.09. The number of benzene rings is 2. The van der Waals surface area contributed by atoms with Gasteiger partial charge in [0.1, 0.15) is 12.6 Å². The Kier molecular flexibility index (Phi) is 3.61. The van der Waals surface area contributed by atoms with Gasteiger partial charge in [0.25, 0.3) is 0 Å². The second-order valence-electron chi connectivity index (χ2n) is 5.07. The van der Waals surface area contributed by atoms with Crippen molar-refractivity contribution in [2.24, 2.45) is 0 Å². The van der Waals surface area contributed by atoms with Crippen molar-refractivity contribution >= 4 is 12.6 Å². The molecule has 2 aromatic rings. The van der Waals surface area contributed by atoms with Crippen molar-refractivity contribution in [1.29, 1.82) is 0 Å². The Balaban J connectivity index is 2.50. The number of rotatable bonds is 4. The summed E-state index contributed by atoms with van der Waals surface area (Å²) in [5, 5.41) is 0. The zero-order valence-corrected chi connectivity index (χ0v) is 11.1. The number of carbonyl (C=O) groups excluding carboxylic acids is 2. The Morgan fingerprint density at radius 2 is 1.47 bits per heavy atom. The van der Waals surface area contributed by atoms with E-state index in [1.807, 2.05) is 36.4 Å². The lowest BCUT2D eigenvalue weighted by molar-refractivity contribution is 0.111. The molecule has 2 aromatic carbocycles. The van der Waals surface area contributed by atoms with Crippen molar-refractivity contribution in [3.63, 3.8) is 0 Å². The van der Waals surface area contributed by atoms with Gasteiger partial charge in [0.05, 0.1) is 0 Å². The molecule has 0 saturated carbocycles. The van der Waals surface area contributed by atoms with Crippen molar-refractivity contribution in [3.8, 4) is 0 Å². The number of aldehydes is 2. The van der Waals surface area contributed by atoms with Crippen LogP contribution < -0.4 is 0 Å². The molecule has 0 fully saturated rings. The molecule has 0 aliphatic carbocycles. The van der Waals surface area contributed by atoms with Gasteiger partial charge in [-0.2, -0.15) is 0 Å². The predicted octanol–water partition coefficient (Wildman–Crippen LogP) is 3.64. The maximum Gasteiger partial charge on any atom is 0.150 e. The third kappa shape index (κ3) is 2.48. The van der Waals surface area contributed by atoms with Crippen LogP contribution in [0.25, 0.3) is 0 Å². The summed E-state index contributed by atoms with van der Waals surface area (Å²) in [4.78, 5) is 21.9. The van der Waals surface area contributed by atoms with E-state index in [-0.39, 0.29) is 5.41 Å². The lowest BCUT2D eigenvalue weighted by Gasteiger charge is -2.27. The minimum atomic E-state index is -0.279. The molecule has 0 aromatic heterocycles. The molecule has 0 N–H and O–H groups in total. The number of carbonyl (C=O) groups is 2. The summed E-state index contributed by atoms with van der Waals surface area (Å²) in [6, 6.07) is 15.1. The maximum atomic E-state index is 11.2. The zero-order valence-electron chi connectivity index (χ0n) is 11.1. The first-order valence-electron chi connectivity index (χ1n) is 6.20. The Morgan fingerprint density at radius 1 is 0.842 bits per heavy atom. The first-order valence-corrected chi connectivity index (χ1v) is 6.20. The highest BCUT2D eigenvalue weighted by molar-refractivity contribution is 5.78. The van der Waals surface area contributed by atoms with Gasteiger partial charge in [0, 0.05) is 16.5 Å². The van der Waals surface area contributed by atoms with Gasteiger partial charge in [-0.1, -0.05) is 62.4 Å². The van der Waals surface area contributed by atoms with Gasteiger partial charge < -0.3 is 0 Å². The van der Waals surface area contributed by atoms with Crippen molar-refractivity contribution in [2.45, 2.75) is 19.3 Å². The van der Waals surface area contributed by atoms with Crippen molar-refractivity contribution in [1.82, 2.24) is 0 Å². The normalized spacial score (nSPS) is 11.1. The summed E-state index contributed by atoms with van der Waals surface area (Å²) >= 11 is 0. The van der Waals surface area contributed by atoms with E-state index in [2.05, 4.69) is 13.8 Å². The fraction of sp³-hybridized carbons (Fsp3) is 0.176. The number of hydrogen-bond donors (Lipinski definition) is 0. The molecular formula is C17H16O2. The second kappa shape index (κ2) is 5.19. The summed E-state index contributed by atoms with van der Waals surface area (Å²) in [6.07, 6.45) is 1.72. The maximum absolute atomic E-state index is 11.2. The van der Waals surface area contributed by atoms with Crippen LogP contribution in [-0.4, -0.2) is 12.6 Å². The van der Waals surface area contributed by atoms with Crippen molar-refractivity contribution < 1.29 is 9.59 Å². The highest BCUT2D eigenvalue weighted by Gasteiger charge is 2.25. The molecule has 19 heavy (non-hydrogen) atoms. The highest BCUT2D eigenvalue weighted by Crippen LogP contribution is 2.33. The van der Waals surface area contributed by atoms with E-state index in [0.29, 0.717) is 11.1 Å². The fourth-order valence-corrected chi connectivity index (χ4v) is 2.30. The predicted molar refractivity (Wildman–Crippen MR) is 75.8 cm³/mol. The van der Waals surface area contributed by atoms with Gasteiger partial charge >= 0.3 is 0 Å². The molecule has 0 heterocycles. The van der Waals surface area contributed by atoms with Gasteiger partial charge in [-0.25, -0.2) is 0 Å². The van der Waals surface area contributed by atoms with E-state index in [0.717, 1.165) is 23.7 Å². The second-order valence-corrected chi connectivity index (χ2v) is 5.07. The lowest BCUT2D eigenvalue weighted by Crippen LogP contribution is -2.20. The van der Waals surface area contributed by atoms with E-state index >= 15 is 0 Å². The van der Waals surface area contributed by atoms with Gasteiger partial charge in [-0.3, -0.25) is 9.59 Å². The van der Waals surface area contributed by atoms with Crippen LogP contribution in [0.1, 0.15) is 45.7 Å². The van der Waals surface area contributed by atoms with Gasteiger partial charge in [-0.15, -0.1) is 0 Å². The van der Waals surface area contributed by atoms with Crippen LogP contribution in [0.15, 0.2) is 48.5 Å². The van der Waals surface area contributed by atoms with E-state index in [9.17, 15) is 9.59 Å². The Morgan fingerprint density at radius 3 is 2.05 bits per heavy atom. The van der Waals surface area contributed by atoms with Gasteiger partial charge in [0.2, 0.25) is 0 Å². The van der Waals surface area contributed by atoms with Crippen LogP contribution >= 0.6 is 0 Å². The molecule has 96 valence electrons. The highest BCUT2D eigenvalue weighted by atomic mass is 16.1.